The summed E-state index contributed by atoms with van der Waals surface area (Å²) in [7, 11) is 0. The first-order valence-corrected chi connectivity index (χ1v) is 7.14. The standard InChI is InChI=1S/C16H11F3N2OS/c17-16(18,19)12-7-5-10(6-8-12)9-11-3-1-2-4-13(11)14-20-21-15(23)22-14/h1-8H,9H2,(H,21,23). The topological polar surface area (TPSA) is 41.8 Å². The van der Waals surface area contributed by atoms with E-state index in [-0.39, 0.29) is 4.84 Å². The van der Waals surface area contributed by atoms with Gasteiger partial charge in [0.05, 0.1) is 5.56 Å². The van der Waals surface area contributed by atoms with E-state index in [1.807, 2.05) is 24.3 Å². The van der Waals surface area contributed by atoms with E-state index in [1.54, 1.807) is 0 Å². The van der Waals surface area contributed by atoms with Crippen molar-refractivity contribution in [1.29, 1.82) is 0 Å². The summed E-state index contributed by atoms with van der Waals surface area (Å²) in [4.78, 5) is 0.171. The van der Waals surface area contributed by atoms with Gasteiger partial charge in [0.2, 0.25) is 5.89 Å². The van der Waals surface area contributed by atoms with Gasteiger partial charge in [-0.3, -0.25) is 0 Å². The lowest BCUT2D eigenvalue weighted by Gasteiger charge is -2.09. The van der Waals surface area contributed by atoms with Gasteiger partial charge in [0.25, 0.3) is 4.84 Å². The minimum absolute atomic E-state index is 0.171. The zero-order valence-corrected chi connectivity index (χ0v) is 12.5. The minimum atomic E-state index is -4.33. The number of alkyl halides is 3. The molecular weight excluding hydrogens is 325 g/mol. The maximum absolute atomic E-state index is 12.6. The Hall–Kier alpha value is -2.41. The molecule has 0 amide bonds. The second kappa shape index (κ2) is 6.00. The third-order valence-electron chi connectivity index (χ3n) is 3.36. The molecule has 0 aliphatic rings. The van der Waals surface area contributed by atoms with Crippen LogP contribution in [0.2, 0.25) is 0 Å². The monoisotopic (exact) mass is 336 g/mol. The maximum Gasteiger partial charge on any atom is 0.416 e. The number of benzene rings is 2. The van der Waals surface area contributed by atoms with Crippen LogP contribution in [-0.4, -0.2) is 10.2 Å². The largest absolute Gasteiger partial charge is 0.416 e. The Bertz CT molecular complexity index is 866. The summed E-state index contributed by atoms with van der Waals surface area (Å²) in [5.41, 5.74) is 1.74. The molecule has 2 aromatic carbocycles. The van der Waals surface area contributed by atoms with Gasteiger partial charge >= 0.3 is 6.18 Å². The van der Waals surface area contributed by atoms with Crippen molar-refractivity contribution >= 4 is 12.2 Å². The Labute approximate surface area is 134 Å². The Morgan fingerprint density at radius 1 is 1.04 bits per heavy atom. The highest BCUT2D eigenvalue weighted by molar-refractivity contribution is 7.71. The average Bonchev–Trinajstić information content (AvgIpc) is 2.94. The fourth-order valence-electron chi connectivity index (χ4n) is 2.26. The van der Waals surface area contributed by atoms with E-state index < -0.39 is 11.7 Å². The highest BCUT2D eigenvalue weighted by Crippen LogP contribution is 2.30. The first kappa shape index (κ1) is 15.5. The molecule has 3 nitrogen and oxygen atoms in total. The molecule has 0 bridgehead atoms. The highest BCUT2D eigenvalue weighted by Gasteiger charge is 2.29. The molecule has 0 saturated carbocycles. The zero-order chi connectivity index (χ0) is 16.4. The summed E-state index contributed by atoms with van der Waals surface area (Å²) in [6, 6.07) is 12.5. The predicted octanol–water partition coefficient (Wildman–Crippen LogP) is 5.01. The molecule has 118 valence electrons. The maximum atomic E-state index is 12.6. The Morgan fingerprint density at radius 2 is 1.74 bits per heavy atom. The van der Waals surface area contributed by atoms with Crippen LogP contribution >= 0.6 is 12.2 Å². The Morgan fingerprint density at radius 3 is 2.35 bits per heavy atom. The predicted molar refractivity (Wildman–Crippen MR) is 81.4 cm³/mol. The molecule has 1 heterocycles. The molecular formula is C16H11F3N2OS. The highest BCUT2D eigenvalue weighted by atomic mass is 32.1. The SMILES string of the molecule is FC(F)(F)c1ccc(Cc2ccccc2-c2n[nH]c(=S)o2)cc1. The number of hydrogen-bond donors (Lipinski definition) is 1. The van der Waals surface area contributed by atoms with E-state index in [0.29, 0.717) is 12.3 Å². The summed E-state index contributed by atoms with van der Waals surface area (Å²) in [5, 5.41) is 6.55. The fourth-order valence-corrected chi connectivity index (χ4v) is 2.38. The van der Waals surface area contributed by atoms with Crippen molar-refractivity contribution in [3.63, 3.8) is 0 Å². The number of hydrogen-bond acceptors (Lipinski definition) is 3. The zero-order valence-electron chi connectivity index (χ0n) is 11.7. The molecule has 0 aliphatic carbocycles. The number of aromatic amines is 1. The summed E-state index contributed by atoms with van der Waals surface area (Å²) in [5.74, 6) is 0.359. The number of nitrogens with zero attached hydrogens (tertiary/aromatic N) is 1. The van der Waals surface area contributed by atoms with E-state index in [2.05, 4.69) is 10.2 Å². The molecule has 1 aromatic heterocycles. The van der Waals surface area contributed by atoms with Crippen LogP contribution in [0.4, 0.5) is 13.2 Å². The van der Waals surface area contributed by atoms with Crippen molar-refractivity contribution in [3.8, 4) is 11.5 Å². The van der Waals surface area contributed by atoms with Crippen molar-refractivity contribution in [3.05, 3.63) is 70.1 Å². The van der Waals surface area contributed by atoms with Crippen LogP contribution in [0.1, 0.15) is 16.7 Å². The molecule has 23 heavy (non-hydrogen) atoms. The molecule has 0 aliphatic heterocycles. The quantitative estimate of drug-likeness (QED) is 0.684. The van der Waals surface area contributed by atoms with E-state index in [1.165, 1.54) is 12.1 Å². The average molecular weight is 336 g/mol. The molecule has 0 spiro atoms. The minimum Gasteiger partial charge on any atom is -0.409 e. The third kappa shape index (κ3) is 3.50. The van der Waals surface area contributed by atoms with Crippen LogP contribution in [0.15, 0.2) is 52.9 Å². The molecule has 0 unspecified atom stereocenters. The summed E-state index contributed by atoms with van der Waals surface area (Å²) in [6.07, 6.45) is -3.87. The normalized spacial score (nSPS) is 11.6. The van der Waals surface area contributed by atoms with Gasteiger partial charge in [0.15, 0.2) is 0 Å². The lowest BCUT2D eigenvalue weighted by Crippen LogP contribution is -2.04. The summed E-state index contributed by atoms with van der Waals surface area (Å²) < 4.78 is 43.1. The third-order valence-corrected chi connectivity index (χ3v) is 3.54. The molecule has 0 atom stereocenters. The number of aromatic nitrogens is 2. The summed E-state index contributed by atoms with van der Waals surface area (Å²) in [6.45, 7) is 0. The van der Waals surface area contributed by atoms with Crippen LogP contribution in [0.25, 0.3) is 11.5 Å². The van der Waals surface area contributed by atoms with Crippen LogP contribution in [-0.2, 0) is 12.6 Å². The molecule has 0 saturated heterocycles. The first-order chi connectivity index (χ1) is 10.9. The molecule has 3 rings (SSSR count). The van der Waals surface area contributed by atoms with Gasteiger partial charge in [-0.25, -0.2) is 5.10 Å². The second-order valence-electron chi connectivity index (χ2n) is 4.95. The fraction of sp³-hybridized carbons (Fsp3) is 0.125. The first-order valence-electron chi connectivity index (χ1n) is 6.73. The van der Waals surface area contributed by atoms with Crippen LogP contribution in [0.3, 0.4) is 0 Å². The second-order valence-corrected chi connectivity index (χ2v) is 5.32. The Kier molecular flexibility index (Phi) is 4.04. The van der Waals surface area contributed by atoms with Gasteiger partial charge < -0.3 is 4.42 Å². The number of H-pyrrole nitrogens is 1. The van der Waals surface area contributed by atoms with E-state index in [9.17, 15) is 13.2 Å². The van der Waals surface area contributed by atoms with Gasteiger partial charge in [-0.1, -0.05) is 30.3 Å². The van der Waals surface area contributed by atoms with Gasteiger partial charge in [0, 0.05) is 5.56 Å². The van der Waals surface area contributed by atoms with Gasteiger partial charge in [-0.15, -0.1) is 5.10 Å². The van der Waals surface area contributed by atoms with E-state index in [4.69, 9.17) is 16.6 Å². The van der Waals surface area contributed by atoms with Crippen molar-refractivity contribution in [1.82, 2.24) is 10.2 Å². The molecule has 0 fully saturated rings. The van der Waals surface area contributed by atoms with Crippen LogP contribution in [0, 0.1) is 4.84 Å². The summed E-state index contributed by atoms with van der Waals surface area (Å²) >= 11 is 4.86. The Balaban J connectivity index is 1.90. The number of rotatable bonds is 3. The van der Waals surface area contributed by atoms with E-state index in [0.717, 1.165) is 28.8 Å². The number of halogens is 3. The molecule has 3 aromatic rings. The smallest absolute Gasteiger partial charge is 0.409 e. The number of nitrogens with one attached hydrogen (secondary N) is 1. The van der Waals surface area contributed by atoms with Gasteiger partial charge in [-0.05, 0) is 48.0 Å². The molecule has 0 radical (unpaired) electrons. The van der Waals surface area contributed by atoms with Crippen molar-refractivity contribution in [2.75, 3.05) is 0 Å². The van der Waals surface area contributed by atoms with Gasteiger partial charge in [-0.2, -0.15) is 13.2 Å². The molecule has 1 N–H and O–H groups in total. The van der Waals surface area contributed by atoms with Crippen LogP contribution in [0.5, 0.6) is 0 Å². The van der Waals surface area contributed by atoms with Crippen molar-refractivity contribution in [2.24, 2.45) is 0 Å². The van der Waals surface area contributed by atoms with Crippen LogP contribution < -0.4 is 0 Å². The van der Waals surface area contributed by atoms with Crippen molar-refractivity contribution in [2.45, 2.75) is 12.6 Å². The van der Waals surface area contributed by atoms with Gasteiger partial charge in [0.1, 0.15) is 0 Å². The van der Waals surface area contributed by atoms with E-state index >= 15 is 0 Å². The molecule has 7 heteroatoms. The van der Waals surface area contributed by atoms with Crippen molar-refractivity contribution < 1.29 is 17.6 Å². The lowest BCUT2D eigenvalue weighted by atomic mass is 9.99. The lowest BCUT2D eigenvalue weighted by molar-refractivity contribution is -0.137.